The van der Waals surface area contributed by atoms with Crippen LogP contribution in [0.25, 0.3) is 0 Å². The van der Waals surface area contributed by atoms with Crippen molar-refractivity contribution >= 4 is 11.4 Å². The van der Waals surface area contributed by atoms with Gasteiger partial charge < -0.3 is 15.0 Å². The minimum absolute atomic E-state index is 0.736. The largest absolute Gasteiger partial charge is 0.492 e. The Balaban J connectivity index is 1.38. The maximum absolute atomic E-state index is 5.96. The summed E-state index contributed by atoms with van der Waals surface area (Å²) in [7, 11) is 0. The van der Waals surface area contributed by atoms with Crippen LogP contribution in [-0.2, 0) is 6.54 Å². The van der Waals surface area contributed by atoms with Gasteiger partial charge in [0.05, 0.1) is 0 Å². The third-order valence-electron chi connectivity index (χ3n) is 5.29. The van der Waals surface area contributed by atoms with E-state index in [-0.39, 0.29) is 0 Å². The van der Waals surface area contributed by atoms with Crippen LogP contribution in [0.4, 0.5) is 11.4 Å². The van der Waals surface area contributed by atoms with Crippen LogP contribution in [0.5, 0.6) is 5.75 Å². The summed E-state index contributed by atoms with van der Waals surface area (Å²) in [6.45, 7) is 6.91. The van der Waals surface area contributed by atoms with E-state index >= 15 is 0 Å². The molecule has 4 heteroatoms. The molecule has 1 heterocycles. The van der Waals surface area contributed by atoms with Crippen LogP contribution in [-0.4, -0.2) is 44.2 Å². The molecule has 0 saturated carbocycles. The molecule has 1 aliphatic heterocycles. The van der Waals surface area contributed by atoms with Crippen LogP contribution in [0, 0.1) is 0 Å². The number of anilines is 2. The second kappa shape index (κ2) is 10.1. The van der Waals surface area contributed by atoms with Crippen molar-refractivity contribution in [2.24, 2.45) is 0 Å². The highest BCUT2D eigenvalue weighted by molar-refractivity contribution is 5.63. The Hall–Kier alpha value is -2.82. The summed E-state index contributed by atoms with van der Waals surface area (Å²) >= 11 is 0. The van der Waals surface area contributed by atoms with Crippen LogP contribution in [0.15, 0.2) is 84.9 Å². The number of hydrogen-bond donors (Lipinski definition) is 1. The van der Waals surface area contributed by atoms with Gasteiger partial charge in [-0.15, -0.1) is 0 Å². The van der Waals surface area contributed by atoms with E-state index in [1.165, 1.54) is 16.9 Å². The normalized spacial score (nSPS) is 14.5. The van der Waals surface area contributed by atoms with E-state index in [1.807, 2.05) is 0 Å². The highest BCUT2D eigenvalue weighted by Gasteiger charge is 2.11. The third-order valence-corrected chi connectivity index (χ3v) is 5.29. The van der Waals surface area contributed by atoms with Crippen molar-refractivity contribution in [2.45, 2.75) is 6.54 Å². The molecule has 0 spiro atoms. The lowest BCUT2D eigenvalue weighted by Gasteiger charge is -2.27. The number of piperazine rings is 1. The zero-order valence-electron chi connectivity index (χ0n) is 16.8. The second-order valence-corrected chi connectivity index (χ2v) is 7.34. The van der Waals surface area contributed by atoms with Gasteiger partial charge in [-0.1, -0.05) is 48.5 Å². The van der Waals surface area contributed by atoms with Crippen LogP contribution in [0.2, 0.25) is 0 Å². The third kappa shape index (κ3) is 5.59. The molecule has 4 rings (SSSR count). The number of rotatable bonds is 8. The topological polar surface area (TPSA) is 27.7 Å². The molecule has 29 heavy (non-hydrogen) atoms. The number of para-hydroxylation sites is 2. The monoisotopic (exact) mass is 387 g/mol. The first-order valence-electron chi connectivity index (χ1n) is 10.4. The fourth-order valence-corrected chi connectivity index (χ4v) is 3.65. The second-order valence-electron chi connectivity index (χ2n) is 7.34. The van der Waals surface area contributed by atoms with Gasteiger partial charge in [0.1, 0.15) is 12.4 Å². The SMILES string of the molecule is c1ccc(N(Cc2ccc(OCCN3CCNCC3)cc2)c2ccccc2)cc1. The molecule has 1 saturated heterocycles. The summed E-state index contributed by atoms with van der Waals surface area (Å²) in [5.41, 5.74) is 3.64. The Bertz CT molecular complexity index is 807. The minimum Gasteiger partial charge on any atom is -0.492 e. The Labute approximate surface area is 173 Å². The zero-order valence-corrected chi connectivity index (χ0v) is 16.8. The van der Waals surface area contributed by atoms with E-state index in [9.17, 15) is 0 Å². The van der Waals surface area contributed by atoms with E-state index in [2.05, 4.69) is 100 Å². The van der Waals surface area contributed by atoms with Crippen molar-refractivity contribution < 1.29 is 4.74 Å². The van der Waals surface area contributed by atoms with E-state index in [0.717, 1.165) is 51.6 Å². The van der Waals surface area contributed by atoms with Crippen LogP contribution in [0.3, 0.4) is 0 Å². The van der Waals surface area contributed by atoms with Gasteiger partial charge in [0, 0.05) is 50.6 Å². The maximum atomic E-state index is 5.96. The van der Waals surface area contributed by atoms with Crippen molar-refractivity contribution in [1.29, 1.82) is 0 Å². The number of hydrogen-bond acceptors (Lipinski definition) is 4. The van der Waals surface area contributed by atoms with E-state index in [0.29, 0.717) is 0 Å². The zero-order chi connectivity index (χ0) is 19.7. The number of nitrogens with one attached hydrogen (secondary N) is 1. The molecule has 3 aromatic carbocycles. The first-order valence-corrected chi connectivity index (χ1v) is 10.4. The molecule has 0 aromatic heterocycles. The fraction of sp³-hybridized carbons (Fsp3) is 0.280. The molecule has 3 aromatic rings. The highest BCUT2D eigenvalue weighted by atomic mass is 16.5. The number of benzene rings is 3. The molecule has 0 atom stereocenters. The summed E-state index contributed by atoms with van der Waals surface area (Å²) in [6.07, 6.45) is 0. The fourth-order valence-electron chi connectivity index (χ4n) is 3.65. The highest BCUT2D eigenvalue weighted by Crippen LogP contribution is 2.27. The van der Waals surface area contributed by atoms with E-state index < -0.39 is 0 Å². The molecule has 1 fully saturated rings. The van der Waals surface area contributed by atoms with Crippen LogP contribution >= 0.6 is 0 Å². The molecule has 4 nitrogen and oxygen atoms in total. The van der Waals surface area contributed by atoms with Crippen LogP contribution in [0.1, 0.15) is 5.56 Å². The van der Waals surface area contributed by atoms with Crippen molar-refractivity contribution in [3.63, 3.8) is 0 Å². The molecule has 0 bridgehead atoms. The number of ether oxygens (including phenoxy) is 1. The lowest BCUT2D eigenvalue weighted by atomic mass is 10.1. The quantitative estimate of drug-likeness (QED) is 0.623. The summed E-state index contributed by atoms with van der Waals surface area (Å²) in [4.78, 5) is 4.78. The molecule has 0 amide bonds. The molecule has 0 unspecified atom stereocenters. The summed E-state index contributed by atoms with van der Waals surface area (Å²) in [5.74, 6) is 0.940. The summed E-state index contributed by atoms with van der Waals surface area (Å²) in [5, 5.41) is 3.38. The van der Waals surface area contributed by atoms with Crippen molar-refractivity contribution in [3.8, 4) is 5.75 Å². The lowest BCUT2D eigenvalue weighted by molar-refractivity contribution is 0.191. The van der Waals surface area contributed by atoms with Gasteiger partial charge in [0.15, 0.2) is 0 Å². The predicted molar refractivity (Wildman–Crippen MR) is 120 cm³/mol. The Kier molecular flexibility index (Phi) is 6.79. The Morgan fingerprint density at radius 3 is 1.93 bits per heavy atom. The predicted octanol–water partition coefficient (Wildman–Crippen LogP) is 4.31. The van der Waals surface area contributed by atoms with Gasteiger partial charge in [0.25, 0.3) is 0 Å². The van der Waals surface area contributed by atoms with Gasteiger partial charge in [0.2, 0.25) is 0 Å². The minimum atomic E-state index is 0.736. The molecular weight excluding hydrogens is 358 g/mol. The standard InChI is InChI=1S/C25H29N3O/c1-3-7-23(8-4-1)28(24-9-5-2-6-10-24)21-22-11-13-25(14-12-22)29-20-19-27-17-15-26-16-18-27/h1-14,26H,15-21H2. The van der Waals surface area contributed by atoms with Gasteiger partial charge in [-0.2, -0.15) is 0 Å². The summed E-state index contributed by atoms with van der Waals surface area (Å²) < 4.78 is 5.96. The first kappa shape index (κ1) is 19.5. The molecular formula is C25H29N3O. The average Bonchev–Trinajstić information content (AvgIpc) is 2.80. The molecule has 150 valence electrons. The molecule has 0 aliphatic carbocycles. The van der Waals surface area contributed by atoms with Crippen molar-refractivity contribution in [3.05, 3.63) is 90.5 Å². The Morgan fingerprint density at radius 1 is 0.759 bits per heavy atom. The number of nitrogens with zero attached hydrogens (tertiary/aromatic N) is 2. The van der Waals surface area contributed by atoms with E-state index in [1.54, 1.807) is 0 Å². The Morgan fingerprint density at radius 2 is 1.34 bits per heavy atom. The lowest BCUT2D eigenvalue weighted by Crippen LogP contribution is -2.44. The van der Waals surface area contributed by atoms with Gasteiger partial charge >= 0.3 is 0 Å². The van der Waals surface area contributed by atoms with Crippen molar-refractivity contribution in [2.75, 3.05) is 44.2 Å². The first-order chi connectivity index (χ1) is 14.4. The van der Waals surface area contributed by atoms with Gasteiger partial charge in [-0.25, -0.2) is 0 Å². The average molecular weight is 388 g/mol. The molecule has 1 aliphatic rings. The van der Waals surface area contributed by atoms with Gasteiger partial charge in [-0.05, 0) is 42.0 Å². The smallest absolute Gasteiger partial charge is 0.119 e. The summed E-state index contributed by atoms with van der Waals surface area (Å²) in [6, 6.07) is 29.6. The van der Waals surface area contributed by atoms with Gasteiger partial charge in [-0.3, -0.25) is 4.90 Å². The van der Waals surface area contributed by atoms with Crippen molar-refractivity contribution in [1.82, 2.24) is 10.2 Å². The maximum Gasteiger partial charge on any atom is 0.119 e. The van der Waals surface area contributed by atoms with E-state index in [4.69, 9.17) is 4.74 Å². The van der Waals surface area contributed by atoms with Crippen LogP contribution < -0.4 is 15.0 Å². The molecule has 0 radical (unpaired) electrons. The molecule has 1 N–H and O–H groups in total.